The van der Waals surface area contributed by atoms with Crippen molar-refractivity contribution in [1.29, 1.82) is 0 Å². The van der Waals surface area contributed by atoms with Crippen LogP contribution in [0, 0.1) is 0 Å². The van der Waals surface area contributed by atoms with Crippen molar-refractivity contribution in [2.75, 3.05) is 13.7 Å². The van der Waals surface area contributed by atoms with Gasteiger partial charge in [0, 0.05) is 35.8 Å². The summed E-state index contributed by atoms with van der Waals surface area (Å²) in [6, 6.07) is 12.8. The van der Waals surface area contributed by atoms with Crippen molar-refractivity contribution in [3.05, 3.63) is 70.0 Å². The van der Waals surface area contributed by atoms with E-state index >= 15 is 0 Å². The highest BCUT2D eigenvalue weighted by Crippen LogP contribution is 2.31. The fourth-order valence-corrected chi connectivity index (χ4v) is 3.20. The van der Waals surface area contributed by atoms with Gasteiger partial charge in [-0.25, -0.2) is 4.98 Å². The minimum atomic E-state index is -0.520. The van der Waals surface area contributed by atoms with Gasteiger partial charge in [0.15, 0.2) is 11.5 Å². The Morgan fingerprint density at radius 1 is 1.22 bits per heavy atom. The minimum Gasteiger partial charge on any atom is -0.493 e. The highest BCUT2D eigenvalue weighted by atomic mass is 32.1. The van der Waals surface area contributed by atoms with E-state index in [1.807, 2.05) is 6.07 Å². The molecule has 3 N–H and O–H groups in total. The molecule has 0 saturated carbocycles. The Kier molecular flexibility index (Phi) is 6.40. The van der Waals surface area contributed by atoms with Crippen molar-refractivity contribution in [3.63, 3.8) is 0 Å². The molecule has 140 valence electrons. The number of thiophene rings is 1. The van der Waals surface area contributed by atoms with E-state index in [9.17, 15) is 4.79 Å². The van der Waals surface area contributed by atoms with Gasteiger partial charge in [-0.1, -0.05) is 12.1 Å². The SMILES string of the molecule is COc1cc(C(N)=O)ccc1Oc1ccc(CNCCc2cccs2)cn1. The Morgan fingerprint density at radius 3 is 2.78 bits per heavy atom. The fourth-order valence-electron chi connectivity index (χ4n) is 2.49. The largest absolute Gasteiger partial charge is 0.493 e. The van der Waals surface area contributed by atoms with E-state index in [4.69, 9.17) is 15.2 Å². The zero-order valence-electron chi connectivity index (χ0n) is 15.0. The number of rotatable bonds is 9. The number of carbonyl (C=O) groups excluding carboxylic acids is 1. The van der Waals surface area contributed by atoms with Crippen LogP contribution in [0.4, 0.5) is 0 Å². The maximum absolute atomic E-state index is 11.3. The van der Waals surface area contributed by atoms with E-state index in [1.54, 1.807) is 41.8 Å². The van der Waals surface area contributed by atoms with Crippen LogP contribution in [0.5, 0.6) is 17.4 Å². The van der Waals surface area contributed by atoms with Gasteiger partial charge in [0.2, 0.25) is 11.8 Å². The quantitative estimate of drug-likeness (QED) is 0.553. The minimum absolute atomic E-state index is 0.358. The number of nitrogens with one attached hydrogen (secondary N) is 1. The first-order valence-electron chi connectivity index (χ1n) is 8.49. The number of hydrogen-bond acceptors (Lipinski definition) is 6. The average Bonchev–Trinajstić information content (AvgIpc) is 3.20. The number of primary amides is 1. The second-order valence-corrected chi connectivity index (χ2v) is 6.88. The van der Waals surface area contributed by atoms with Crippen molar-refractivity contribution >= 4 is 17.2 Å². The lowest BCUT2D eigenvalue weighted by atomic mass is 10.2. The molecule has 0 aliphatic rings. The number of pyridine rings is 1. The molecule has 1 amide bonds. The van der Waals surface area contributed by atoms with E-state index in [-0.39, 0.29) is 0 Å². The van der Waals surface area contributed by atoms with E-state index in [1.165, 1.54) is 12.0 Å². The van der Waals surface area contributed by atoms with Crippen LogP contribution < -0.4 is 20.5 Å². The summed E-state index contributed by atoms with van der Waals surface area (Å²) in [6.45, 7) is 1.66. The number of benzene rings is 1. The highest BCUT2D eigenvalue weighted by Gasteiger charge is 2.10. The first-order chi connectivity index (χ1) is 13.2. The van der Waals surface area contributed by atoms with Gasteiger partial charge in [-0.2, -0.15) is 0 Å². The Balaban J connectivity index is 1.55. The maximum atomic E-state index is 11.3. The molecule has 0 radical (unpaired) electrons. The van der Waals surface area contributed by atoms with Crippen LogP contribution in [-0.2, 0) is 13.0 Å². The van der Waals surface area contributed by atoms with Crippen molar-refractivity contribution in [2.45, 2.75) is 13.0 Å². The molecule has 0 atom stereocenters. The molecule has 0 unspecified atom stereocenters. The van der Waals surface area contributed by atoms with Crippen molar-refractivity contribution in [1.82, 2.24) is 10.3 Å². The summed E-state index contributed by atoms with van der Waals surface area (Å²) >= 11 is 1.77. The first-order valence-corrected chi connectivity index (χ1v) is 9.37. The summed E-state index contributed by atoms with van der Waals surface area (Å²) in [5.41, 5.74) is 6.71. The van der Waals surface area contributed by atoms with Gasteiger partial charge >= 0.3 is 0 Å². The third-order valence-corrected chi connectivity index (χ3v) is 4.85. The summed E-state index contributed by atoms with van der Waals surface area (Å²) in [6.07, 6.45) is 2.80. The summed E-state index contributed by atoms with van der Waals surface area (Å²) in [7, 11) is 1.51. The van der Waals surface area contributed by atoms with Crippen LogP contribution in [0.25, 0.3) is 0 Å². The molecule has 3 rings (SSSR count). The Hall–Kier alpha value is -2.90. The zero-order valence-corrected chi connectivity index (χ0v) is 15.8. The number of ether oxygens (including phenoxy) is 2. The second kappa shape index (κ2) is 9.16. The average molecular weight is 383 g/mol. The summed E-state index contributed by atoms with van der Waals surface area (Å²) < 4.78 is 11.0. The second-order valence-electron chi connectivity index (χ2n) is 5.84. The highest BCUT2D eigenvalue weighted by molar-refractivity contribution is 7.09. The lowest BCUT2D eigenvalue weighted by Crippen LogP contribution is -2.16. The Bertz CT molecular complexity index is 880. The van der Waals surface area contributed by atoms with E-state index in [2.05, 4.69) is 27.8 Å². The predicted molar refractivity (Wildman–Crippen MR) is 106 cm³/mol. The lowest BCUT2D eigenvalue weighted by Gasteiger charge is -2.11. The summed E-state index contributed by atoms with van der Waals surface area (Å²) in [5, 5.41) is 5.50. The van der Waals surface area contributed by atoms with Gasteiger partial charge in [0.25, 0.3) is 0 Å². The molecular formula is C20H21N3O3S. The molecule has 0 aliphatic carbocycles. The maximum Gasteiger partial charge on any atom is 0.248 e. The van der Waals surface area contributed by atoms with Crippen molar-refractivity contribution < 1.29 is 14.3 Å². The predicted octanol–water partition coefficient (Wildman–Crippen LogP) is 3.38. The smallest absolute Gasteiger partial charge is 0.248 e. The molecule has 0 saturated heterocycles. The van der Waals surface area contributed by atoms with Gasteiger partial charge < -0.3 is 20.5 Å². The van der Waals surface area contributed by atoms with Gasteiger partial charge in [-0.3, -0.25) is 4.79 Å². The molecule has 27 heavy (non-hydrogen) atoms. The van der Waals surface area contributed by atoms with Crippen LogP contribution in [-0.4, -0.2) is 24.5 Å². The van der Waals surface area contributed by atoms with Crippen LogP contribution in [0.3, 0.4) is 0 Å². The summed E-state index contributed by atoms with van der Waals surface area (Å²) in [4.78, 5) is 17.0. The Labute approximate surface area is 162 Å². The zero-order chi connectivity index (χ0) is 19.1. The monoisotopic (exact) mass is 383 g/mol. The number of amides is 1. The summed E-state index contributed by atoms with van der Waals surface area (Å²) in [5.74, 6) is 0.820. The number of aromatic nitrogens is 1. The van der Waals surface area contributed by atoms with E-state index < -0.39 is 5.91 Å². The normalized spacial score (nSPS) is 10.6. The molecule has 1 aromatic carbocycles. The molecule has 6 nitrogen and oxygen atoms in total. The molecule has 0 aliphatic heterocycles. The fraction of sp³-hybridized carbons (Fsp3) is 0.200. The van der Waals surface area contributed by atoms with Crippen molar-refractivity contribution in [3.8, 4) is 17.4 Å². The van der Waals surface area contributed by atoms with Gasteiger partial charge in [-0.15, -0.1) is 11.3 Å². The molecule has 7 heteroatoms. The van der Waals surface area contributed by atoms with Gasteiger partial charge in [0.1, 0.15) is 0 Å². The molecular weight excluding hydrogens is 362 g/mol. The molecule has 0 bridgehead atoms. The number of carbonyl (C=O) groups is 1. The number of methoxy groups -OCH3 is 1. The van der Waals surface area contributed by atoms with Crippen LogP contribution >= 0.6 is 11.3 Å². The van der Waals surface area contributed by atoms with Gasteiger partial charge in [-0.05, 0) is 41.6 Å². The number of nitrogens with two attached hydrogens (primary N) is 1. The van der Waals surface area contributed by atoms with Crippen LogP contribution in [0.1, 0.15) is 20.8 Å². The standard InChI is InChI=1S/C20H21N3O3S/c1-25-18-11-15(20(21)24)5-6-17(18)26-19-7-4-14(13-23-19)12-22-9-8-16-3-2-10-27-16/h2-7,10-11,13,22H,8-9,12H2,1H3,(H2,21,24). The third kappa shape index (κ3) is 5.29. The van der Waals surface area contributed by atoms with Crippen LogP contribution in [0.15, 0.2) is 54.0 Å². The molecule has 2 aromatic heterocycles. The number of nitrogens with zero attached hydrogens (tertiary/aromatic N) is 1. The van der Waals surface area contributed by atoms with E-state index in [0.29, 0.717) is 22.9 Å². The van der Waals surface area contributed by atoms with Crippen molar-refractivity contribution in [2.24, 2.45) is 5.73 Å². The first kappa shape index (κ1) is 18.9. The van der Waals surface area contributed by atoms with Gasteiger partial charge in [0.05, 0.1) is 7.11 Å². The Morgan fingerprint density at radius 2 is 2.11 bits per heavy atom. The van der Waals surface area contributed by atoms with Crippen LogP contribution in [0.2, 0.25) is 0 Å². The molecule has 0 spiro atoms. The van der Waals surface area contributed by atoms with E-state index in [0.717, 1.165) is 25.1 Å². The lowest BCUT2D eigenvalue weighted by molar-refractivity contribution is 0.1000. The third-order valence-electron chi connectivity index (χ3n) is 3.92. The molecule has 3 aromatic rings. The molecule has 0 fully saturated rings. The topological polar surface area (TPSA) is 86.5 Å². The number of hydrogen-bond donors (Lipinski definition) is 2. The molecule has 2 heterocycles.